The van der Waals surface area contributed by atoms with Crippen molar-refractivity contribution in [3.8, 4) is 0 Å². The van der Waals surface area contributed by atoms with Crippen molar-refractivity contribution in [2.75, 3.05) is 33.5 Å². The number of aromatic nitrogens is 3. The number of aryl methyl sites for hydroxylation is 1. The molecule has 0 radical (unpaired) electrons. The molecule has 1 N–H and O–H groups in total. The highest BCUT2D eigenvalue weighted by Gasteiger charge is 2.18. The lowest BCUT2D eigenvalue weighted by atomic mass is 10.1. The fourth-order valence-electron chi connectivity index (χ4n) is 1.74. The standard InChI is InChI=1S/C11H21BrN4O2/c1-4-13-9(5-6-18-8-7-17-3)10-11(12)14-15-16(10)2/h9,13H,4-8H2,1-3H3. The fraction of sp³-hybridized carbons (Fsp3) is 0.818. The van der Waals surface area contributed by atoms with Gasteiger partial charge in [0.15, 0.2) is 4.60 Å². The van der Waals surface area contributed by atoms with Crippen LogP contribution in [-0.2, 0) is 16.5 Å². The molecule has 0 saturated carbocycles. The van der Waals surface area contributed by atoms with Gasteiger partial charge in [-0.15, -0.1) is 5.10 Å². The van der Waals surface area contributed by atoms with Crippen LogP contribution in [0.15, 0.2) is 4.60 Å². The molecule has 104 valence electrons. The Morgan fingerprint density at radius 3 is 2.72 bits per heavy atom. The molecule has 1 rings (SSSR count). The van der Waals surface area contributed by atoms with E-state index in [-0.39, 0.29) is 6.04 Å². The van der Waals surface area contributed by atoms with Crippen LogP contribution in [0.5, 0.6) is 0 Å². The second-order valence-electron chi connectivity index (χ2n) is 3.89. The normalized spacial score (nSPS) is 12.9. The highest BCUT2D eigenvalue weighted by Crippen LogP contribution is 2.22. The quantitative estimate of drug-likeness (QED) is 0.694. The molecule has 1 aromatic heterocycles. The van der Waals surface area contributed by atoms with Gasteiger partial charge in [-0.3, -0.25) is 0 Å². The second kappa shape index (κ2) is 8.58. The molecule has 0 saturated heterocycles. The molecule has 0 spiro atoms. The number of nitrogens with one attached hydrogen (secondary N) is 1. The van der Waals surface area contributed by atoms with Crippen molar-refractivity contribution in [1.29, 1.82) is 0 Å². The minimum absolute atomic E-state index is 0.187. The van der Waals surface area contributed by atoms with E-state index >= 15 is 0 Å². The third kappa shape index (κ3) is 4.64. The molecule has 18 heavy (non-hydrogen) atoms. The summed E-state index contributed by atoms with van der Waals surface area (Å²) in [6.07, 6.45) is 0.872. The maximum atomic E-state index is 5.50. The smallest absolute Gasteiger partial charge is 0.153 e. The molecule has 1 atom stereocenters. The molecule has 1 heterocycles. The molecule has 0 bridgehead atoms. The summed E-state index contributed by atoms with van der Waals surface area (Å²) in [6, 6.07) is 0.187. The summed E-state index contributed by atoms with van der Waals surface area (Å²) in [7, 11) is 3.56. The lowest BCUT2D eigenvalue weighted by Gasteiger charge is -2.18. The highest BCUT2D eigenvalue weighted by atomic mass is 79.9. The molecular formula is C11H21BrN4O2. The average molecular weight is 321 g/mol. The van der Waals surface area contributed by atoms with Crippen LogP contribution in [0.3, 0.4) is 0 Å². The summed E-state index contributed by atoms with van der Waals surface area (Å²) in [5, 5.41) is 11.4. The SMILES string of the molecule is CCNC(CCOCCOC)c1c(Br)nnn1C. The van der Waals surface area contributed by atoms with E-state index < -0.39 is 0 Å². The van der Waals surface area contributed by atoms with Crippen molar-refractivity contribution in [2.45, 2.75) is 19.4 Å². The van der Waals surface area contributed by atoms with Gasteiger partial charge in [0.2, 0.25) is 0 Å². The third-order valence-electron chi connectivity index (χ3n) is 2.59. The van der Waals surface area contributed by atoms with E-state index in [1.165, 1.54) is 0 Å². The van der Waals surface area contributed by atoms with Gasteiger partial charge in [-0.2, -0.15) is 0 Å². The van der Waals surface area contributed by atoms with Gasteiger partial charge in [-0.05, 0) is 28.9 Å². The van der Waals surface area contributed by atoms with E-state index in [1.54, 1.807) is 11.8 Å². The second-order valence-corrected chi connectivity index (χ2v) is 4.64. The van der Waals surface area contributed by atoms with Crippen molar-refractivity contribution in [1.82, 2.24) is 20.3 Å². The first-order chi connectivity index (χ1) is 8.70. The number of methoxy groups -OCH3 is 1. The molecule has 0 aromatic carbocycles. The number of hydrogen-bond acceptors (Lipinski definition) is 5. The maximum absolute atomic E-state index is 5.50. The summed E-state index contributed by atoms with van der Waals surface area (Å²) in [4.78, 5) is 0. The first-order valence-corrected chi connectivity index (χ1v) is 6.85. The molecule has 0 aliphatic carbocycles. The summed E-state index contributed by atoms with van der Waals surface area (Å²) in [5.41, 5.74) is 1.05. The van der Waals surface area contributed by atoms with Gasteiger partial charge in [0.05, 0.1) is 24.9 Å². The van der Waals surface area contributed by atoms with Crippen LogP contribution in [0.2, 0.25) is 0 Å². The number of halogens is 1. The van der Waals surface area contributed by atoms with Crippen LogP contribution in [-0.4, -0.2) is 48.5 Å². The van der Waals surface area contributed by atoms with Crippen molar-refractivity contribution in [3.63, 3.8) is 0 Å². The Morgan fingerprint density at radius 1 is 1.39 bits per heavy atom. The van der Waals surface area contributed by atoms with Gasteiger partial charge in [0.1, 0.15) is 0 Å². The summed E-state index contributed by atoms with van der Waals surface area (Å²) < 4.78 is 13.0. The van der Waals surface area contributed by atoms with Gasteiger partial charge in [0, 0.05) is 20.8 Å². The number of ether oxygens (including phenoxy) is 2. The van der Waals surface area contributed by atoms with E-state index in [0.717, 1.165) is 23.3 Å². The predicted octanol–water partition coefficient (Wildman–Crippen LogP) is 1.28. The van der Waals surface area contributed by atoms with E-state index in [1.807, 2.05) is 7.05 Å². The van der Waals surface area contributed by atoms with Gasteiger partial charge < -0.3 is 14.8 Å². The average Bonchev–Trinajstić information content (AvgIpc) is 2.68. The Labute approximate surface area is 116 Å². The van der Waals surface area contributed by atoms with E-state index in [4.69, 9.17) is 9.47 Å². The van der Waals surface area contributed by atoms with Crippen LogP contribution in [0, 0.1) is 0 Å². The maximum Gasteiger partial charge on any atom is 0.153 e. The molecule has 0 fully saturated rings. The number of nitrogens with zero attached hydrogens (tertiary/aromatic N) is 3. The van der Waals surface area contributed by atoms with Crippen molar-refractivity contribution in [2.24, 2.45) is 7.05 Å². The van der Waals surface area contributed by atoms with Gasteiger partial charge in [0.25, 0.3) is 0 Å². The first-order valence-electron chi connectivity index (χ1n) is 6.05. The van der Waals surface area contributed by atoms with Crippen molar-refractivity contribution < 1.29 is 9.47 Å². The molecule has 1 unspecified atom stereocenters. The van der Waals surface area contributed by atoms with Crippen LogP contribution in [0.25, 0.3) is 0 Å². The molecule has 0 aliphatic rings. The molecule has 6 nitrogen and oxygen atoms in total. The van der Waals surface area contributed by atoms with Gasteiger partial charge in [-0.25, -0.2) is 4.68 Å². The fourth-order valence-corrected chi connectivity index (χ4v) is 2.34. The van der Waals surface area contributed by atoms with Crippen LogP contribution in [0.4, 0.5) is 0 Å². The zero-order valence-corrected chi connectivity index (χ0v) is 12.7. The van der Waals surface area contributed by atoms with Gasteiger partial charge >= 0.3 is 0 Å². The topological polar surface area (TPSA) is 61.2 Å². The largest absolute Gasteiger partial charge is 0.382 e. The van der Waals surface area contributed by atoms with Crippen LogP contribution in [0.1, 0.15) is 25.1 Å². The summed E-state index contributed by atoms with van der Waals surface area (Å²) in [6.45, 7) is 4.90. The lowest BCUT2D eigenvalue weighted by molar-refractivity contribution is 0.0655. The van der Waals surface area contributed by atoms with Crippen molar-refractivity contribution >= 4 is 15.9 Å². The Kier molecular flexibility index (Phi) is 7.41. The molecule has 0 amide bonds. The van der Waals surface area contributed by atoms with E-state index in [9.17, 15) is 0 Å². The summed E-state index contributed by atoms with van der Waals surface area (Å²) in [5.74, 6) is 0. The lowest BCUT2D eigenvalue weighted by Crippen LogP contribution is -2.25. The Balaban J connectivity index is 2.50. The Hall–Kier alpha value is -0.500. The minimum Gasteiger partial charge on any atom is -0.382 e. The zero-order valence-electron chi connectivity index (χ0n) is 11.1. The number of rotatable bonds is 9. The number of hydrogen-bond donors (Lipinski definition) is 1. The zero-order chi connectivity index (χ0) is 13.4. The minimum atomic E-state index is 0.187. The van der Waals surface area contributed by atoms with Crippen LogP contribution >= 0.6 is 15.9 Å². The monoisotopic (exact) mass is 320 g/mol. The molecular weight excluding hydrogens is 300 g/mol. The molecule has 1 aromatic rings. The highest BCUT2D eigenvalue weighted by molar-refractivity contribution is 9.10. The first kappa shape index (κ1) is 15.6. The van der Waals surface area contributed by atoms with E-state index in [0.29, 0.717) is 19.8 Å². The molecule has 0 aliphatic heterocycles. The Bertz CT molecular complexity index is 326. The Morgan fingerprint density at radius 2 is 2.17 bits per heavy atom. The van der Waals surface area contributed by atoms with Crippen LogP contribution < -0.4 is 5.32 Å². The van der Waals surface area contributed by atoms with Crippen molar-refractivity contribution in [3.05, 3.63) is 10.3 Å². The van der Waals surface area contributed by atoms with Gasteiger partial charge in [-0.1, -0.05) is 12.1 Å². The predicted molar refractivity (Wildman–Crippen MR) is 72.4 cm³/mol. The summed E-state index contributed by atoms with van der Waals surface area (Å²) >= 11 is 3.43. The third-order valence-corrected chi connectivity index (χ3v) is 3.15. The van der Waals surface area contributed by atoms with E-state index in [2.05, 4.69) is 38.5 Å². The molecule has 7 heteroatoms.